The highest BCUT2D eigenvalue weighted by atomic mass is 79.9. The average molecular weight is 299 g/mol. The maximum Gasteiger partial charge on any atom is 0.312 e. The van der Waals surface area contributed by atoms with Crippen LogP contribution in [0.15, 0.2) is 22.7 Å². The van der Waals surface area contributed by atoms with Crippen LogP contribution in [0.2, 0.25) is 0 Å². The van der Waals surface area contributed by atoms with Gasteiger partial charge in [-0.2, -0.15) is 5.26 Å². The second-order valence-corrected chi connectivity index (χ2v) is 4.34. The third-order valence-corrected chi connectivity index (χ3v) is 2.79. The van der Waals surface area contributed by atoms with E-state index in [1.165, 1.54) is 12.1 Å². The highest BCUT2D eigenvalue weighted by Crippen LogP contribution is 2.33. The van der Waals surface area contributed by atoms with E-state index in [4.69, 9.17) is 14.7 Å². The number of rotatable bonds is 3. The van der Waals surface area contributed by atoms with Crippen LogP contribution in [0.3, 0.4) is 0 Å². The minimum atomic E-state index is -0.722. The molecule has 0 aromatic heterocycles. The molecule has 0 amide bonds. The van der Waals surface area contributed by atoms with Gasteiger partial charge in [-0.3, -0.25) is 10.1 Å². The van der Waals surface area contributed by atoms with Crippen molar-refractivity contribution < 1.29 is 14.4 Å². The Morgan fingerprint density at radius 3 is 2.94 bits per heavy atom. The predicted octanol–water partition coefficient (Wildman–Crippen LogP) is 2.23. The lowest BCUT2D eigenvalue weighted by Gasteiger charge is -2.31. The molecule has 0 aliphatic carbocycles. The van der Waals surface area contributed by atoms with Crippen LogP contribution in [0, 0.1) is 27.4 Å². The van der Waals surface area contributed by atoms with Crippen LogP contribution in [-0.4, -0.2) is 17.8 Å². The van der Waals surface area contributed by atoms with Gasteiger partial charge in [-0.05, 0) is 12.1 Å². The van der Waals surface area contributed by atoms with E-state index in [9.17, 15) is 10.1 Å². The summed E-state index contributed by atoms with van der Waals surface area (Å²) in [5, 5.41) is 19.5. The zero-order valence-electron chi connectivity index (χ0n) is 8.50. The van der Waals surface area contributed by atoms with Gasteiger partial charge in [0.2, 0.25) is 6.29 Å². The number of nitrogens with zero attached hydrogens (tertiary/aromatic N) is 2. The van der Waals surface area contributed by atoms with Crippen molar-refractivity contribution in [3.05, 3.63) is 32.8 Å². The van der Waals surface area contributed by atoms with Gasteiger partial charge in [-0.15, -0.1) is 0 Å². The number of hydrogen-bond acceptors (Lipinski definition) is 5. The molecule has 2 rings (SSSR count). The summed E-state index contributed by atoms with van der Waals surface area (Å²) in [6.07, 6.45) is -0.722. The quantitative estimate of drug-likeness (QED) is 0.631. The van der Waals surface area contributed by atoms with Crippen LogP contribution in [-0.2, 0) is 4.74 Å². The maximum atomic E-state index is 10.8. The van der Waals surface area contributed by atoms with Gasteiger partial charge in [0.1, 0.15) is 5.92 Å². The summed E-state index contributed by atoms with van der Waals surface area (Å²) in [6, 6.07) is 6.44. The number of benzene rings is 1. The molecule has 2 unspecified atom stereocenters. The number of nitro benzene ring substituents is 1. The first-order chi connectivity index (χ1) is 8.11. The molecule has 2 atom stereocenters. The molecule has 0 N–H and O–H groups in total. The fraction of sp³-hybridized carbons (Fsp3) is 0.300. The molecule has 1 heterocycles. The topological polar surface area (TPSA) is 85.4 Å². The number of halogens is 1. The molecule has 17 heavy (non-hydrogen) atoms. The molecule has 1 aromatic rings. The molecule has 7 heteroatoms. The summed E-state index contributed by atoms with van der Waals surface area (Å²) in [4.78, 5) is 10.3. The molecule has 0 saturated carbocycles. The molecule has 0 radical (unpaired) electrons. The molecule has 0 bridgehead atoms. The molecule has 0 spiro atoms. The Morgan fingerprint density at radius 2 is 2.41 bits per heavy atom. The van der Waals surface area contributed by atoms with Crippen molar-refractivity contribution in [2.24, 2.45) is 5.92 Å². The highest BCUT2D eigenvalue weighted by molar-refractivity contribution is 9.10. The fourth-order valence-corrected chi connectivity index (χ4v) is 1.69. The van der Waals surface area contributed by atoms with E-state index in [0.717, 1.165) is 0 Å². The van der Waals surface area contributed by atoms with Gasteiger partial charge >= 0.3 is 5.69 Å². The summed E-state index contributed by atoms with van der Waals surface area (Å²) < 4.78 is 10.9. The molecule has 1 aliphatic rings. The molecular formula is C10H7BrN2O4. The average Bonchev–Trinajstić information content (AvgIpc) is 2.26. The monoisotopic (exact) mass is 298 g/mol. The molecule has 1 saturated heterocycles. The highest BCUT2D eigenvalue weighted by Gasteiger charge is 2.35. The van der Waals surface area contributed by atoms with Crippen molar-refractivity contribution >= 4 is 21.6 Å². The van der Waals surface area contributed by atoms with Gasteiger partial charge in [-0.25, -0.2) is 0 Å². The maximum absolute atomic E-state index is 10.8. The second-order valence-electron chi connectivity index (χ2n) is 3.42. The third kappa shape index (κ3) is 2.38. The lowest BCUT2D eigenvalue weighted by molar-refractivity contribution is -0.387. The van der Waals surface area contributed by atoms with E-state index in [1.54, 1.807) is 6.07 Å². The van der Waals surface area contributed by atoms with E-state index in [0.29, 0.717) is 11.1 Å². The van der Waals surface area contributed by atoms with E-state index < -0.39 is 11.2 Å². The standard InChI is InChI=1S/C10H7BrN2O4/c11-7-1-2-9(8(3-7)13(14)15)17-10-6(4-12)5-16-10/h1-3,6,10H,5H2. The molecular weight excluding hydrogens is 292 g/mol. The van der Waals surface area contributed by atoms with Gasteiger partial charge in [0.25, 0.3) is 0 Å². The number of ether oxygens (including phenoxy) is 2. The Kier molecular flexibility index (Phi) is 3.26. The Labute approximate surface area is 105 Å². The first-order valence-electron chi connectivity index (χ1n) is 4.73. The molecule has 1 aromatic carbocycles. The molecule has 6 nitrogen and oxygen atoms in total. The third-order valence-electron chi connectivity index (χ3n) is 2.30. The minimum Gasteiger partial charge on any atom is -0.456 e. The van der Waals surface area contributed by atoms with E-state index in [2.05, 4.69) is 15.9 Å². The zero-order chi connectivity index (χ0) is 12.4. The first kappa shape index (κ1) is 11.8. The predicted molar refractivity (Wildman–Crippen MR) is 60.3 cm³/mol. The van der Waals surface area contributed by atoms with Crippen LogP contribution in [0.25, 0.3) is 0 Å². The second kappa shape index (κ2) is 4.69. The fourth-order valence-electron chi connectivity index (χ4n) is 1.34. The van der Waals surface area contributed by atoms with Crippen molar-refractivity contribution in [2.75, 3.05) is 6.61 Å². The van der Waals surface area contributed by atoms with Gasteiger partial charge in [0.15, 0.2) is 5.75 Å². The van der Waals surface area contributed by atoms with Gasteiger partial charge in [0.05, 0.1) is 17.6 Å². The van der Waals surface area contributed by atoms with E-state index in [-0.39, 0.29) is 17.4 Å². The summed E-state index contributed by atoms with van der Waals surface area (Å²) in [7, 11) is 0. The minimum absolute atomic E-state index is 0.100. The first-order valence-corrected chi connectivity index (χ1v) is 5.53. The van der Waals surface area contributed by atoms with Crippen molar-refractivity contribution in [1.29, 1.82) is 5.26 Å². The lowest BCUT2D eigenvalue weighted by Crippen LogP contribution is -2.43. The number of hydrogen-bond donors (Lipinski definition) is 0. The molecule has 1 aliphatic heterocycles. The lowest BCUT2D eigenvalue weighted by atomic mass is 10.1. The smallest absolute Gasteiger partial charge is 0.312 e. The molecule has 88 valence electrons. The van der Waals surface area contributed by atoms with Crippen LogP contribution >= 0.6 is 15.9 Å². The SMILES string of the molecule is N#CC1COC1Oc1ccc(Br)cc1[N+](=O)[O-]. The van der Waals surface area contributed by atoms with Gasteiger partial charge in [0, 0.05) is 10.5 Å². The normalized spacial score (nSPS) is 22.4. The largest absolute Gasteiger partial charge is 0.456 e. The van der Waals surface area contributed by atoms with Crippen molar-refractivity contribution in [1.82, 2.24) is 0 Å². The molecule has 1 fully saturated rings. The number of nitro groups is 1. The summed E-state index contributed by atoms with van der Waals surface area (Å²) in [6.45, 7) is 0.297. The Balaban J connectivity index is 2.21. The van der Waals surface area contributed by atoms with Crippen molar-refractivity contribution in [3.8, 4) is 11.8 Å². The summed E-state index contributed by atoms with van der Waals surface area (Å²) in [5.74, 6) is -0.276. The van der Waals surface area contributed by atoms with E-state index >= 15 is 0 Å². The van der Waals surface area contributed by atoms with Crippen LogP contribution in [0.4, 0.5) is 5.69 Å². The Morgan fingerprint density at radius 1 is 1.65 bits per heavy atom. The Hall–Kier alpha value is -1.65. The zero-order valence-corrected chi connectivity index (χ0v) is 10.1. The van der Waals surface area contributed by atoms with Gasteiger partial charge in [-0.1, -0.05) is 15.9 Å². The van der Waals surface area contributed by atoms with Crippen molar-refractivity contribution in [2.45, 2.75) is 6.29 Å². The van der Waals surface area contributed by atoms with Crippen LogP contribution in [0.1, 0.15) is 0 Å². The van der Waals surface area contributed by atoms with Crippen molar-refractivity contribution in [3.63, 3.8) is 0 Å². The van der Waals surface area contributed by atoms with Gasteiger partial charge < -0.3 is 9.47 Å². The Bertz CT molecular complexity index is 500. The summed E-state index contributed by atoms with van der Waals surface area (Å²) >= 11 is 3.14. The van der Waals surface area contributed by atoms with Crippen LogP contribution in [0.5, 0.6) is 5.75 Å². The van der Waals surface area contributed by atoms with Crippen LogP contribution < -0.4 is 4.74 Å². The van der Waals surface area contributed by atoms with E-state index in [1.807, 2.05) is 6.07 Å². The summed E-state index contributed by atoms with van der Waals surface area (Å²) in [5.41, 5.74) is -0.161. The number of nitriles is 1.